The molecule has 2 N–H and O–H groups in total. The molecule has 2 rings (SSSR count). The molecule has 1 aliphatic carbocycles. The first-order valence-electron chi connectivity index (χ1n) is 12.0. The van der Waals surface area contributed by atoms with Crippen LogP contribution in [-0.4, -0.2) is 24.0 Å². The predicted octanol–water partition coefficient (Wildman–Crippen LogP) is 6.63. The lowest BCUT2D eigenvalue weighted by Gasteiger charge is -2.19. The molecule has 176 valence electrons. The molecule has 0 unspecified atom stereocenters. The van der Waals surface area contributed by atoms with Gasteiger partial charge in [-0.3, -0.25) is 10.2 Å². The molecule has 0 saturated heterocycles. The van der Waals surface area contributed by atoms with E-state index in [4.69, 9.17) is 4.74 Å². The number of hydrazine groups is 1. The zero-order valence-corrected chi connectivity index (χ0v) is 20.0. The molecular formula is C27H40N2O3. The highest BCUT2D eigenvalue weighted by Crippen LogP contribution is 2.29. The van der Waals surface area contributed by atoms with Crippen molar-refractivity contribution < 1.29 is 14.3 Å². The molecule has 1 aromatic carbocycles. The van der Waals surface area contributed by atoms with Crippen molar-refractivity contribution in [2.45, 2.75) is 90.1 Å². The van der Waals surface area contributed by atoms with Crippen LogP contribution in [0.25, 0.3) is 0 Å². The number of Topliss-reactive ketones (excluding diaryl/α,β-unsaturated/α-hetero) is 1. The Bertz CT molecular complexity index is 774. The summed E-state index contributed by atoms with van der Waals surface area (Å²) in [7, 11) is 0. The van der Waals surface area contributed by atoms with Crippen molar-refractivity contribution in [2.75, 3.05) is 6.54 Å². The summed E-state index contributed by atoms with van der Waals surface area (Å²) < 4.78 is 5.17. The van der Waals surface area contributed by atoms with E-state index in [0.29, 0.717) is 11.5 Å². The monoisotopic (exact) mass is 440 g/mol. The molecule has 1 fully saturated rings. The third-order valence-electron chi connectivity index (χ3n) is 5.59. The minimum atomic E-state index is -0.605. The first-order chi connectivity index (χ1) is 15.3. The van der Waals surface area contributed by atoms with E-state index in [2.05, 4.69) is 29.1 Å². The van der Waals surface area contributed by atoms with Gasteiger partial charge in [0, 0.05) is 5.56 Å². The fourth-order valence-corrected chi connectivity index (χ4v) is 3.95. The molecule has 0 aliphatic heterocycles. The number of hydrogen-bond donors (Lipinski definition) is 2. The highest BCUT2D eigenvalue weighted by atomic mass is 16.6. The van der Waals surface area contributed by atoms with Crippen molar-refractivity contribution in [1.29, 1.82) is 0 Å². The standard InChI is InChI=1S/C27H40N2O3/c1-27(2,3)32-26(31)29-28-21-25(30)24-18-14-10-9-13-17-23(19-20-24)22-15-11-7-5-4-6-8-12-16-22/h9-10,13-14,17-20,22,28H,4-8,11-12,15-16,21H2,1-3H3,(H,29,31). The largest absolute Gasteiger partial charge is 0.443 e. The number of amides is 1. The van der Waals surface area contributed by atoms with Crippen molar-refractivity contribution in [1.82, 2.24) is 10.9 Å². The fraction of sp³-hybridized carbons (Fsp3) is 0.556. The molecule has 0 heterocycles. The van der Waals surface area contributed by atoms with Crippen LogP contribution in [-0.2, 0) is 4.74 Å². The first kappa shape index (κ1) is 25.9. The Morgan fingerprint density at radius 2 is 1.44 bits per heavy atom. The topological polar surface area (TPSA) is 67.4 Å². The number of ether oxygens (including phenoxy) is 1. The maximum absolute atomic E-state index is 12.7. The Morgan fingerprint density at radius 1 is 0.844 bits per heavy atom. The second-order valence-corrected chi connectivity index (χ2v) is 9.54. The van der Waals surface area contributed by atoms with E-state index in [1.54, 1.807) is 20.8 Å². The second-order valence-electron chi connectivity index (χ2n) is 9.54. The molecule has 0 radical (unpaired) electrons. The van der Waals surface area contributed by atoms with E-state index >= 15 is 0 Å². The van der Waals surface area contributed by atoms with Gasteiger partial charge in [0.05, 0.1) is 6.54 Å². The van der Waals surface area contributed by atoms with Gasteiger partial charge in [0.25, 0.3) is 0 Å². The number of hydrogen-bond acceptors (Lipinski definition) is 4. The molecule has 1 aromatic rings. The Morgan fingerprint density at radius 3 is 2.06 bits per heavy atom. The van der Waals surface area contributed by atoms with Gasteiger partial charge in [-0.1, -0.05) is 93.5 Å². The minimum Gasteiger partial charge on any atom is -0.443 e. The summed E-state index contributed by atoms with van der Waals surface area (Å²) in [5, 5.41) is 0. The van der Waals surface area contributed by atoms with E-state index < -0.39 is 11.7 Å². The average molecular weight is 441 g/mol. The number of carbonyl (C=O) groups excluding carboxylic acids is 2. The maximum Gasteiger partial charge on any atom is 0.422 e. The predicted molar refractivity (Wildman–Crippen MR) is 130 cm³/mol. The summed E-state index contributed by atoms with van der Waals surface area (Å²) in [4.78, 5) is 24.5. The summed E-state index contributed by atoms with van der Waals surface area (Å²) in [6, 6.07) is 15.9. The lowest BCUT2D eigenvalue weighted by atomic mass is 9.87. The number of rotatable bonds is 5. The Kier molecular flexibility index (Phi) is 11.2. The molecule has 0 aromatic heterocycles. The second kappa shape index (κ2) is 13.9. The van der Waals surface area contributed by atoms with Crippen LogP contribution in [0.3, 0.4) is 0 Å². The van der Waals surface area contributed by atoms with Gasteiger partial charge in [0.1, 0.15) is 5.60 Å². The van der Waals surface area contributed by atoms with E-state index in [1.807, 2.05) is 30.3 Å². The molecule has 5 heteroatoms. The van der Waals surface area contributed by atoms with Gasteiger partial charge in [-0.2, -0.15) is 0 Å². The smallest absolute Gasteiger partial charge is 0.422 e. The van der Waals surface area contributed by atoms with Gasteiger partial charge in [-0.15, -0.1) is 0 Å². The van der Waals surface area contributed by atoms with Crippen LogP contribution in [0, 0.1) is 0 Å². The lowest BCUT2D eigenvalue weighted by Crippen LogP contribution is -2.43. The van der Waals surface area contributed by atoms with E-state index in [9.17, 15) is 9.59 Å². The normalized spacial score (nSPS) is 15.8. The fourth-order valence-electron chi connectivity index (χ4n) is 3.95. The molecule has 32 heavy (non-hydrogen) atoms. The molecule has 0 spiro atoms. The number of carbonyl (C=O) groups is 2. The van der Waals surface area contributed by atoms with Gasteiger partial charge in [0.15, 0.2) is 5.78 Å². The molecule has 0 bridgehead atoms. The molecule has 1 saturated carbocycles. The van der Waals surface area contributed by atoms with Crippen LogP contribution in [0.4, 0.5) is 4.79 Å². The third-order valence-corrected chi connectivity index (χ3v) is 5.59. The quantitative estimate of drug-likeness (QED) is 0.398. The lowest BCUT2D eigenvalue weighted by molar-refractivity contribution is 0.0499. The molecule has 1 aliphatic rings. The van der Waals surface area contributed by atoms with E-state index in [0.717, 1.165) is 0 Å². The highest BCUT2D eigenvalue weighted by Gasteiger charge is 2.16. The maximum atomic E-state index is 12.7. The van der Waals surface area contributed by atoms with Gasteiger partial charge in [-0.05, 0) is 45.1 Å². The summed E-state index contributed by atoms with van der Waals surface area (Å²) in [5.74, 6) is 0.428. The SMILES string of the molecule is CC(C)(C)OC(=O)NNCC(=O)c1ccccccc(C2CCCCCCCCC2)cc1. The molecule has 5 nitrogen and oxygen atoms in total. The van der Waals surface area contributed by atoms with Crippen LogP contribution >= 0.6 is 0 Å². The van der Waals surface area contributed by atoms with Crippen LogP contribution < -0.4 is 10.9 Å². The van der Waals surface area contributed by atoms with Gasteiger partial charge in [0.2, 0.25) is 0 Å². The van der Waals surface area contributed by atoms with Crippen LogP contribution in [0.1, 0.15) is 100 Å². The highest BCUT2D eigenvalue weighted by molar-refractivity contribution is 5.97. The summed E-state index contributed by atoms with van der Waals surface area (Å²) in [6.45, 7) is 5.36. The van der Waals surface area contributed by atoms with E-state index in [1.165, 1.54) is 63.4 Å². The summed E-state index contributed by atoms with van der Waals surface area (Å²) >= 11 is 0. The van der Waals surface area contributed by atoms with Gasteiger partial charge in [-0.25, -0.2) is 10.2 Å². The third kappa shape index (κ3) is 10.8. The summed E-state index contributed by atoms with van der Waals surface area (Å²) in [5.41, 5.74) is 6.39. The van der Waals surface area contributed by atoms with Crippen molar-refractivity contribution >= 4 is 11.9 Å². The molecular weight excluding hydrogens is 400 g/mol. The van der Waals surface area contributed by atoms with Crippen molar-refractivity contribution in [2.24, 2.45) is 0 Å². The Labute approximate surface area is 193 Å². The summed E-state index contributed by atoms with van der Waals surface area (Å²) in [6.07, 6.45) is 11.0. The number of ketones is 1. The first-order valence-corrected chi connectivity index (χ1v) is 12.0. The number of nitrogens with one attached hydrogen (secondary N) is 2. The molecule has 1 amide bonds. The van der Waals surface area contributed by atoms with Gasteiger partial charge < -0.3 is 4.74 Å². The minimum absolute atomic E-state index is 0.0123. The van der Waals surface area contributed by atoms with Crippen LogP contribution in [0.15, 0.2) is 48.5 Å². The Balaban J connectivity index is 2.10. The van der Waals surface area contributed by atoms with Crippen molar-refractivity contribution in [3.63, 3.8) is 0 Å². The van der Waals surface area contributed by atoms with Crippen LogP contribution in [0.5, 0.6) is 0 Å². The van der Waals surface area contributed by atoms with Gasteiger partial charge >= 0.3 is 6.09 Å². The Hall–Kier alpha value is -2.40. The van der Waals surface area contributed by atoms with Crippen LogP contribution in [0.2, 0.25) is 0 Å². The van der Waals surface area contributed by atoms with Crippen molar-refractivity contribution in [3.05, 3.63) is 59.7 Å². The zero-order valence-electron chi connectivity index (χ0n) is 20.0. The molecule has 0 atom stereocenters. The van der Waals surface area contributed by atoms with Crippen molar-refractivity contribution in [3.8, 4) is 0 Å². The zero-order chi connectivity index (χ0) is 23.2. The van der Waals surface area contributed by atoms with E-state index in [-0.39, 0.29) is 12.3 Å². The average Bonchev–Trinajstić information content (AvgIpc) is 2.74.